The molecule has 1 aromatic carbocycles. The van der Waals surface area contributed by atoms with Crippen molar-refractivity contribution in [2.24, 2.45) is 0 Å². The fourth-order valence-electron chi connectivity index (χ4n) is 1.17. The van der Waals surface area contributed by atoms with E-state index >= 15 is 0 Å². The van der Waals surface area contributed by atoms with Crippen LogP contribution in [-0.4, -0.2) is 22.2 Å². The summed E-state index contributed by atoms with van der Waals surface area (Å²) in [7, 11) is 0. The normalized spacial score (nSPS) is 14.2. The third-order valence-electron chi connectivity index (χ3n) is 2.30. The molecule has 0 aliphatic heterocycles. The fraction of sp³-hybridized carbons (Fsp3) is 0.455. The van der Waals surface area contributed by atoms with Gasteiger partial charge < -0.3 is 9.84 Å². The number of nitrogens with zero attached hydrogens (tertiary/aromatic N) is 1. The van der Waals surface area contributed by atoms with Crippen LogP contribution in [0.15, 0.2) is 18.2 Å². The Morgan fingerprint density at radius 3 is 2.56 bits per heavy atom. The zero-order valence-electron chi connectivity index (χ0n) is 9.51. The van der Waals surface area contributed by atoms with E-state index in [2.05, 4.69) is 0 Å². The average Bonchev–Trinajstić information content (AvgIpc) is 2.20. The van der Waals surface area contributed by atoms with Crippen molar-refractivity contribution in [1.29, 1.82) is 0 Å². The summed E-state index contributed by atoms with van der Waals surface area (Å²) in [6, 6.07) is 4.73. The van der Waals surface area contributed by atoms with Crippen LogP contribution in [0.3, 0.4) is 0 Å². The number of nitro benzene ring substituents is 1. The van der Waals surface area contributed by atoms with Crippen molar-refractivity contribution < 1.29 is 14.8 Å². The molecule has 1 N–H and O–H groups in total. The predicted molar refractivity (Wildman–Crippen MR) is 59.6 cm³/mol. The van der Waals surface area contributed by atoms with E-state index in [9.17, 15) is 15.2 Å². The first-order chi connectivity index (χ1) is 7.41. The monoisotopic (exact) mass is 225 g/mol. The number of aliphatic hydroxyl groups excluding tert-OH is 1. The van der Waals surface area contributed by atoms with E-state index in [1.54, 1.807) is 32.9 Å². The maximum Gasteiger partial charge on any atom is 0.311 e. The molecule has 88 valence electrons. The van der Waals surface area contributed by atoms with Gasteiger partial charge in [-0.05, 0) is 32.4 Å². The lowest BCUT2D eigenvalue weighted by Crippen LogP contribution is -2.25. The lowest BCUT2D eigenvalue weighted by molar-refractivity contribution is -0.386. The fourth-order valence-corrected chi connectivity index (χ4v) is 1.17. The van der Waals surface area contributed by atoms with Crippen LogP contribution < -0.4 is 4.74 Å². The first-order valence-electron chi connectivity index (χ1n) is 5.01. The topological polar surface area (TPSA) is 72.6 Å². The molecule has 0 amide bonds. The summed E-state index contributed by atoms with van der Waals surface area (Å²) in [5.41, 5.74) is 0.719. The van der Waals surface area contributed by atoms with Crippen LogP contribution in [0, 0.1) is 17.0 Å². The van der Waals surface area contributed by atoms with Crippen LogP contribution in [0.1, 0.15) is 19.4 Å². The molecule has 5 heteroatoms. The van der Waals surface area contributed by atoms with Crippen molar-refractivity contribution in [3.8, 4) is 5.75 Å². The molecular weight excluding hydrogens is 210 g/mol. The molecule has 0 radical (unpaired) electrons. The van der Waals surface area contributed by atoms with Crippen LogP contribution >= 0.6 is 0 Å². The molecule has 2 unspecified atom stereocenters. The van der Waals surface area contributed by atoms with Gasteiger partial charge in [-0.3, -0.25) is 10.1 Å². The van der Waals surface area contributed by atoms with Gasteiger partial charge in [0.1, 0.15) is 6.10 Å². The molecule has 16 heavy (non-hydrogen) atoms. The number of aryl methyl sites for hydroxylation is 1. The maximum atomic E-state index is 10.8. The zero-order valence-corrected chi connectivity index (χ0v) is 9.51. The van der Waals surface area contributed by atoms with Crippen molar-refractivity contribution in [2.45, 2.75) is 33.0 Å². The Balaban J connectivity index is 2.99. The largest absolute Gasteiger partial charge is 0.481 e. The van der Waals surface area contributed by atoms with Gasteiger partial charge in [0.2, 0.25) is 0 Å². The SMILES string of the molecule is Cc1ccc(OC(C)C(C)O)c([N+](=O)[O-])c1. The van der Waals surface area contributed by atoms with E-state index in [0.29, 0.717) is 0 Å². The van der Waals surface area contributed by atoms with E-state index in [1.807, 2.05) is 0 Å². The number of aliphatic hydroxyl groups is 1. The average molecular weight is 225 g/mol. The third kappa shape index (κ3) is 2.93. The minimum absolute atomic E-state index is 0.0764. The van der Waals surface area contributed by atoms with Gasteiger partial charge in [-0.15, -0.1) is 0 Å². The van der Waals surface area contributed by atoms with Gasteiger partial charge in [0.05, 0.1) is 11.0 Å². The van der Waals surface area contributed by atoms with Crippen molar-refractivity contribution in [2.75, 3.05) is 0 Å². The maximum absolute atomic E-state index is 10.8. The number of rotatable bonds is 4. The molecule has 0 bridgehead atoms. The second kappa shape index (κ2) is 4.94. The van der Waals surface area contributed by atoms with Gasteiger partial charge >= 0.3 is 5.69 Å². The number of benzene rings is 1. The standard InChI is InChI=1S/C11H15NO4/c1-7-4-5-11(10(6-7)12(14)15)16-9(3)8(2)13/h4-6,8-9,13H,1-3H3. The molecule has 0 saturated carbocycles. The highest BCUT2D eigenvalue weighted by Crippen LogP contribution is 2.28. The molecule has 0 aromatic heterocycles. The highest BCUT2D eigenvalue weighted by atomic mass is 16.6. The van der Waals surface area contributed by atoms with Crippen molar-refractivity contribution in [1.82, 2.24) is 0 Å². The second-order valence-corrected chi connectivity index (χ2v) is 3.79. The lowest BCUT2D eigenvalue weighted by atomic mass is 10.2. The molecule has 0 spiro atoms. The summed E-state index contributed by atoms with van der Waals surface area (Å²) in [5.74, 6) is 0.184. The van der Waals surface area contributed by atoms with E-state index in [0.717, 1.165) is 5.56 Å². The van der Waals surface area contributed by atoms with Gasteiger partial charge in [0.15, 0.2) is 5.75 Å². The van der Waals surface area contributed by atoms with Gasteiger partial charge in [-0.1, -0.05) is 6.07 Å². The van der Waals surface area contributed by atoms with Crippen LogP contribution in [-0.2, 0) is 0 Å². The van der Waals surface area contributed by atoms with Crippen molar-refractivity contribution in [3.63, 3.8) is 0 Å². The van der Waals surface area contributed by atoms with Crippen molar-refractivity contribution >= 4 is 5.69 Å². The molecule has 1 rings (SSSR count). The van der Waals surface area contributed by atoms with Gasteiger partial charge in [0, 0.05) is 6.07 Å². The molecule has 0 fully saturated rings. The Kier molecular flexibility index (Phi) is 3.84. The smallest absolute Gasteiger partial charge is 0.311 e. The predicted octanol–water partition coefficient (Wildman–Crippen LogP) is 2.05. The Morgan fingerprint density at radius 2 is 2.06 bits per heavy atom. The minimum atomic E-state index is -0.680. The summed E-state index contributed by atoms with van der Waals surface area (Å²) >= 11 is 0. The number of ether oxygens (including phenoxy) is 1. The van der Waals surface area contributed by atoms with Crippen molar-refractivity contribution in [3.05, 3.63) is 33.9 Å². The Labute approximate surface area is 93.8 Å². The van der Waals surface area contributed by atoms with Crippen LogP contribution in [0.25, 0.3) is 0 Å². The van der Waals surface area contributed by atoms with Crippen LogP contribution in [0.5, 0.6) is 5.75 Å². The summed E-state index contributed by atoms with van der Waals surface area (Å²) in [4.78, 5) is 10.3. The quantitative estimate of drug-likeness (QED) is 0.628. The third-order valence-corrected chi connectivity index (χ3v) is 2.30. The summed E-state index contributed by atoms with van der Waals surface area (Å²) in [5, 5.41) is 20.1. The van der Waals surface area contributed by atoms with E-state index in [4.69, 9.17) is 4.74 Å². The van der Waals surface area contributed by atoms with E-state index < -0.39 is 17.1 Å². The van der Waals surface area contributed by atoms with Gasteiger partial charge in [-0.2, -0.15) is 0 Å². The highest BCUT2D eigenvalue weighted by molar-refractivity contribution is 5.48. The molecule has 2 atom stereocenters. The van der Waals surface area contributed by atoms with E-state index in [-0.39, 0.29) is 11.4 Å². The van der Waals surface area contributed by atoms with Crippen LogP contribution in [0.4, 0.5) is 5.69 Å². The summed E-state index contributed by atoms with van der Waals surface area (Å²) < 4.78 is 5.33. The summed E-state index contributed by atoms with van der Waals surface area (Å²) in [6.07, 6.45) is -1.16. The molecule has 0 heterocycles. The highest BCUT2D eigenvalue weighted by Gasteiger charge is 2.19. The Bertz CT molecular complexity index is 390. The van der Waals surface area contributed by atoms with E-state index in [1.165, 1.54) is 6.07 Å². The zero-order chi connectivity index (χ0) is 12.3. The lowest BCUT2D eigenvalue weighted by Gasteiger charge is -2.17. The second-order valence-electron chi connectivity index (χ2n) is 3.79. The molecule has 1 aromatic rings. The summed E-state index contributed by atoms with van der Waals surface area (Å²) in [6.45, 7) is 5.01. The number of hydrogen-bond donors (Lipinski definition) is 1. The molecular formula is C11H15NO4. The van der Waals surface area contributed by atoms with Gasteiger partial charge in [-0.25, -0.2) is 0 Å². The first-order valence-corrected chi connectivity index (χ1v) is 5.01. The van der Waals surface area contributed by atoms with Gasteiger partial charge in [0.25, 0.3) is 0 Å². The Hall–Kier alpha value is -1.62. The molecule has 5 nitrogen and oxygen atoms in total. The number of hydrogen-bond acceptors (Lipinski definition) is 4. The molecule has 0 aliphatic rings. The molecule has 0 aliphatic carbocycles. The van der Waals surface area contributed by atoms with Crippen LogP contribution in [0.2, 0.25) is 0 Å². The Morgan fingerprint density at radius 1 is 1.44 bits per heavy atom. The number of nitro groups is 1. The minimum Gasteiger partial charge on any atom is -0.481 e. The first kappa shape index (κ1) is 12.4. The molecule has 0 saturated heterocycles.